The first-order chi connectivity index (χ1) is 10.0. The largest absolute Gasteiger partial charge is 0.491 e. The average Bonchev–Trinajstić information content (AvgIpc) is 3.22. The Bertz CT molecular complexity index is 565. The van der Waals surface area contributed by atoms with Gasteiger partial charge in [0.15, 0.2) is 0 Å². The van der Waals surface area contributed by atoms with Crippen LogP contribution in [0.3, 0.4) is 0 Å². The zero-order valence-corrected chi connectivity index (χ0v) is 11.8. The smallest absolute Gasteiger partial charge is 0.328 e. The van der Waals surface area contributed by atoms with E-state index in [4.69, 9.17) is 9.84 Å². The Hall–Kier alpha value is -2.37. The van der Waals surface area contributed by atoms with Crippen LogP contribution in [0.15, 0.2) is 18.2 Å². The van der Waals surface area contributed by atoms with Crippen LogP contribution in [0, 0.1) is 6.92 Å². The number of aryl methyl sites for hydroxylation is 1. The third kappa shape index (κ3) is 5.25. The summed E-state index contributed by atoms with van der Waals surface area (Å²) in [5.74, 6) is -0.606. The van der Waals surface area contributed by atoms with Gasteiger partial charge >= 0.3 is 5.97 Å². The molecule has 0 radical (unpaired) electrons. The van der Waals surface area contributed by atoms with Crippen LogP contribution in [0.25, 0.3) is 6.08 Å². The van der Waals surface area contributed by atoms with Crippen LogP contribution < -0.4 is 10.1 Å². The molecule has 6 nitrogen and oxygen atoms in total. The number of carboxylic acids is 1. The van der Waals surface area contributed by atoms with Gasteiger partial charge in [-0.15, -0.1) is 0 Å². The third-order valence-electron chi connectivity index (χ3n) is 2.94. The second-order valence-electron chi connectivity index (χ2n) is 4.95. The molecule has 1 aromatic heterocycles. The molecule has 0 aliphatic heterocycles. The van der Waals surface area contributed by atoms with Crippen molar-refractivity contribution in [3.8, 4) is 5.75 Å². The number of amides is 1. The van der Waals surface area contributed by atoms with Gasteiger partial charge in [0.2, 0.25) is 5.91 Å². The highest BCUT2D eigenvalue weighted by molar-refractivity contribution is 5.85. The monoisotopic (exact) mass is 290 g/mol. The number of pyridine rings is 1. The topological polar surface area (TPSA) is 88.5 Å². The first-order valence-electron chi connectivity index (χ1n) is 6.85. The van der Waals surface area contributed by atoms with E-state index in [2.05, 4.69) is 10.3 Å². The van der Waals surface area contributed by atoms with E-state index >= 15 is 0 Å². The minimum atomic E-state index is -1.05. The highest BCUT2D eigenvalue weighted by Gasteiger charge is 2.22. The van der Waals surface area contributed by atoms with Crippen LogP contribution in [0.5, 0.6) is 5.75 Å². The molecule has 0 atom stereocenters. The van der Waals surface area contributed by atoms with Gasteiger partial charge in [-0.1, -0.05) is 0 Å². The number of nitrogens with zero attached hydrogens (tertiary/aromatic N) is 1. The maximum atomic E-state index is 11.5. The number of hydrogen-bond acceptors (Lipinski definition) is 4. The Morgan fingerprint density at radius 3 is 2.90 bits per heavy atom. The number of hydrogen-bond donors (Lipinski definition) is 2. The summed E-state index contributed by atoms with van der Waals surface area (Å²) in [6.07, 6.45) is 4.77. The number of carbonyl (C=O) groups excluding carboxylic acids is 1. The summed E-state index contributed by atoms with van der Waals surface area (Å²) < 4.78 is 5.53. The van der Waals surface area contributed by atoms with Crippen LogP contribution in [0.2, 0.25) is 0 Å². The van der Waals surface area contributed by atoms with Crippen molar-refractivity contribution in [3.63, 3.8) is 0 Å². The van der Waals surface area contributed by atoms with E-state index in [0.717, 1.165) is 24.6 Å². The number of rotatable bonds is 7. The van der Waals surface area contributed by atoms with Crippen LogP contribution in [-0.4, -0.2) is 34.6 Å². The first-order valence-corrected chi connectivity index (χ1v) is 6.85. The predicted molar refractivity (Wildman–Crippen MR) is 76.9 cm³/mol. The van der Waals surface area contributed by atoms with E-state index in [0.29, 0.717) is 17.5 Å². The molecule has 1 saturated carbocycles. The summed E-state index contributed by atoms with van der Waals surface area (Å²) in [7, 11) is 0. The lowest BCUT2D eigenvalue weighted by Gasteiger charge is -2.09. The van der Waals surface area contributed by atoms with Crippen molar-refractivity contribution in [2.45, 2.75) is 32.2 Å². The molecular weight excluding hydrogens is 272 g/mol. The molecule has 0 spiro atoms. The molecular formula is C15H18N2O4. The van der Waals surface area contributed by atoms with Crippen molar-refractivity contribution in [2.24, 2.45) is 0 Å². The minimum absolute atomic E-state index is 0.0276. The van der Waals surface area contributed by atoms with Crippen molar-refractivity contribution in [1.82, 2.24) is 10.3 Å². The summed E-state index contributed by atoms with van der Waals surface area (Å²) in [4.78, 5) is 26.3. The fourth-order valence-electron chi connectivity index (χ4n) is 1.74. The molecule has 1 amide bonds. The predicted octanol–water partition coefficient (Wildman–Crippen LogP) is 1.54. The van der Waals surface area contributed by atoms with Gasteiger partial charge in [-0.2, -0.15) is 0 Å². The zero-order valence-electron chi connectivity index (χ0n) is 11.8. The summed E-state index contributed by atoms with van der Waals surface area (Å²) in [6.45, 7) is 2.04. The molecule has 112 valence electrons. The Balaban J connectivity index is 1.91. The van der Waals surface area contributed by atoms with Crippen molar-refractivity contribution in [1.29, 1.82) is 0 Å². The summed E-state index contributed by atoms with van der Waals surface area (Å²) in [6, 6.07) is 3.84. The summed E-state index contributed by atoms with van der Waals surface area (Å²) in [5, 5.41) is 11.5. The van der Waals surface area contributed by atoms with E-state index in [1.807, 2.05) is 6.92 Å². The van der Waals surface area contributed by atoms with E-state index in [1.54, 1.807) is 12.1 Å². The molecule has 1 heterocycles. The molecule has 0 bridgehead atoms. The Morgan fingerprint density at radius 2 is 2.24 bits per heavy atom. The summed E-state index contributed by atoms with van der Waals surface area (Å²) >= 11 is 0. The molecule has 6 heteroatoms. The van der Waals surface area contributed by atoms with E-state index < -0.39 is 5.97 Å². The second kappa shape index (κ2) is 6.88. The lowest BCUT2D eigenvalue weighted by molar-refractivity contribution is -0.131. The number of aliphatic carboxylic acids is 1. The highest BCUT2D eigenvalue weighted by Crippen LogP contribution is 2.20. The molecule has 0 saturated heterocycles. The maximum absolute atomic E-state index is 11.5. The molecule has 2 rings (SSSR count). The van der Waals surface area contributed by atoms with Crippen LogP contribution in [0.1, 0.15) is 30.7 Å². The summed E-state index contributed by atoms with van der Waals surface area (Å²) in [5.41, 5.74) is 1.21. The van der Waals surface area contributed by atoms with Gasteiger partial charge < -0.3 is 15.2 Å². The van der Waals surface area contributed by atoms with Gasteiger partial charge in [0, 0.05) is 17.8 Å². The van der Waals surface area contributed by atoms with Gasteiger partial charge in [0.25, 0.3) is 0 Å². The lowest BCUT2D eigenvalue weighted by Crippen LogP contribution is -2.26. The molecule has 1 fully saturated rings. The number of aromatic nitrogens is 1. The highest BCUT2D eigenvalue weighted by atomic mass is 16.5. The first kappa shape index (κ1) is 15.0. The number of carboxylic acid groups (broad SMARTS) is 1. The van der Waals surface area contributed by atoms with Gasteiger partial charge in [0.1, 0.15) is 11.4 Å². The Kier molecular flexibility index (Phi) is 4.92. The van der Waals surface area contributed by atoms with E-state index in [9.17, 15) is 9.59 Å². The van der Waals surface area contributed by atoms with Crippen LogP contribution in [0.4, 0.5) is 0 Å². The van der Waals surface area contributed by atoms with Gasteiger partial charge in [-0.3, -0.25) is 4.79 Å². The zero-order chi connectivity index (χ0) is 15.2. The van der Waals surface area contributed by atoms with Crippen molar-refractivity contribution in [2.75, 3.05) is 6.61 Å². The SMILES string of the molecule is Cc1ccc(OCCC(=O)NC2CC2)c(/C=C/C(=O)O)n1. The Labute approximate surface area is 122 Å². The van der Waals surface area contributed by atoms with Crippen molar-refractivity contribution < 1.29 is 19.4 Å². The molecule has 21 heavy (non-hydrogen) atoms. The van der Waals surface area contributed by atoms with Gasteiger partial charge in [-0.25, -0.2) is 9.78 Å². The molecule has 0 aromatic carbocycles. The molecule has 1 aliphatic rings. The van der Waals surface area contributed by atoms with Crippen LogP contribution >= 0.6 is 0 Å². The molecule has 1 aromatic rings. The van der Waals surface area contributed by atoms with E-state index in [-0.39, 0.29) is 18.9 Å². The van der Waals surface area contributed by atoms with E-state index in [1.165, 1.54) is 6.08 Å². The fraction of sp³-hybridized carbons (Fsp3) is 0.400. The quantitative estimate of drug-likeness (QED) is 0.744. The Morgan fingerprint density at radius 1 is 1.48 bits per heavy atom. The molecule has 1 aliphatic carbocycles. The van der Waals surface area contributed by atoms with Gasteiger partial charge in [-0.05, 0) is 38.0 Å². The minimum Gasteiger partial charge on any atom is -0.491 e. The normalized spacial score (nSPS) is 14.1. The fourth-order valence-corrected chi connectivity index (χ4v) is 1.74. The number of carbonyl (C=O) groups is 2. The molecule has 0 unspecified atom stereocenters. The average molecular weight is 290 g/mol. The maximum Gasteiger partial charge on any atom is 0.328 e. The third-order valence-corrected chi connectivity index (χ3v) is 2.94. The number of ether oxygens (including phenoxy) is 1. The molecule has 2 N–H and O–H groups in total. The van der Waals surface area contributed by atoms with Crippen molar-refractivity contribution >= 4 is 18.0 Å². The standard InChI is InChI=1S/C15H18N2O4/c1-10-2-6-13(12(16-10)5-7-15(19)20)21-9-8-14(18)17-11-3-4-11/h2,5-7,11H,3-4,8-9H2,1H3,(H,17,18)(H,19,20)/b7-5+. The number of nitrogens with one attached hydrogen (secondary N) is 1. The lowest BCUT2D eigenvalue weighted by atomic mass is 10.2. The van der Waals surface area contributed by atoms with Crippen molar-refractivity contribution in [3.05, 3.63) is 29.6 Å². The van der Waals surface area contributed by atoms with Crippen LogP contribution in [-0.2, 0) is 9.59 Å². The second-order valence-corrected chi connectivity index (χ2v) is 4.95. The van der Waals surface area contributed by atoms with Gasteiger partial charge in [0.05, 0.1) is 13.0 Å².